The summed E-state index contributed by atoms with van der Waals surface area (Å²) in [7, 11) is 0. The van der Waals surface area contributed by atoms with Crippen LogP contribution in [0.2, 0.25) is 0 Å². The van der Waals surface area contributed by atoms with Gasteiger partial charge in [0.2, 0.25) is 0 Å². The van der Waals surface area contributed by atoms with E-state index in [9.17, 15) is 10.1 Å². The molecule has 29 heavy (non-hydrogen) atoms. The number of carbonyl (C=O) groups excluding carboxylic acids is 1. The van der Waals surface area contributed by atoms with Gasteiger partial charge in [0.15, 0.2) is 5.78 Å². The molecule has 0 aliphatic rings. The molecule has 2 heterocycles. The zero-order valence-corrected chi connectivity index (χ0v) is 15.9. The van der Waals surface area contributed by atoms with Crippen molar-refractivity contribution in [3.05, 3.63) is 76.3 Å². The summed E-state index contributed by atoms with van der Waals surface area (Å²) in [5.74, 6) is -0.237. The Morgan fingerprint density at radius 1 is 1.07 bits per heavy atom. The smallest absolute Gasteiger partial charge is 0.196 e. The lowest BCUT2D eigenvalue weighted by Gasteiger charge is -2.10. The molecule has 0 aliphatic heterocycles. The minimum atomic E-state index is -0.290. The van der Waals surface area contributed by atoms with Crippen molar-refractivity contribution in [3.8, 4) is 23.4 Å². The first kappa shape index (κ1) is 18.3. The van der Waals surface area contributed by atoms with E-state index in [0.29, 0.717) is 27.3 Å². The molecular weight excluding hydrogens is 382 g/mol. The number of pyridine rings is 1. The number of hydrogen-bond donors (Lipinski definition) is 1. The number of fused-ring (bicyclic) bond motifs is 1. The van der Waals surface area contributed by atoms with Gasteiger partial charge < -0.3 is 5.73 Å². The van der Waals surface area contributed by atoms with E-state index < -0.39 is 0 Å². The Balaban J connectivity index is 1.87. The normalized spacial score (nSPS) is 10.4. The molecule has 0 radical (unpaired) electrons. The number of nitrogens with two attached hydrogens (primary N) is 1. The molecule has 2 aromatic heterocycles. The summed E-state index contributed by atoms with van der Waals surface area (Å²) in [4.78, 5) is 21.7. The van der Waals surface area contributed by atoms with E-state index in [1.807, 2.05) is 18.2 Å². The Hall–Kier alpha value is -4.07. The Morgan fingerprint density at radius 2 is 1.86 bits per heavy atom. The van der Waals surface area contributed by atoms with Crippen LogP contribution < -0.4 is 5.73 Å². The summed E-state index contributed by atoms with van der Waals surface area (Å²) < 4.78 is 0.890. The first-order chi connectivity index (χ1) is 14.1. The van der Waals surface area contributed by atoms with Gasteiger partial charge in [0, 0.05) is 11.1 Å². The molecule has 2 N–H and O–H groups in total. The third kappa shape index (κ3) is 3.31. The van der Waals surface area contributed by atoms with Gasteiger partial charge in [-0.2, -0.15) is 10.5 Å². The number of anilines is 1. The number of nitriles is 2. The lowest BCUT2D eigenvalue weighted by molar-refractivity contribution is 0.103. The second-order valence-electron chi connectivity index (χ2n) is 6.22. The fourth-order valence-electron chi connectivity index (χ4n) is 3.07. The second kappa shape index (κ2) is 7.51. The highest BCUT2D eigenvalue weighted by molar-refractivity contribution is 7.18. The van der Waals surface area contributed by atoms with E-state index in [1.54, 1.807) is 30.3 Å². The van der Waals surface area contributed by atoms with Crippen LogP contribution in [0, 0.1) is 22.7 Å². The van der Waals surface area contributed by atoms with Crippen molar-refractivity contribution in [2.45, 2.75) is 6.42 Å². The van der Waals surface area contributed by atoms with Crippen LogP contribution in [0.15, 0.2) is 54.6 Å². The first-order valence-electron chi connectivity index (χ1n) is 8.68. The molecule has 138 valence electrons. The molecule has 0 aliphatic carbocycles. The third-order valence-corrected chi connectivity index (χ3v) is 5.42. The summed E-state index contributed by atoms with van der Waals surface area (Å²) in [6.45, 7) is 0. The highest BCUT2D eigenvalue weighted by atomic mass is 32.1. The number of nitrogen functional groups attached to an aromatic ring is 1. The first-order valence-corrected chi connectivity index (χ1v) is 9.50. The molecule has 0 fully saturated rings. The van der Waals surface area contributed by atoms with Gasteiger partial charge in [-0.1, -0.05) is 42.5 Å². The number of ketones is 1. The summed E-state index contributed by atoms with van der Waals surface area (Å²) in [5, 5.41) is 19.3. The van der Waals surface area contributed by atoms with E-state index in [2.05, 4.69) is 22.1 Å². The molecule has 0 amide bonds. The fourth-order valence-corrected chi connectivity index (χ4v) is 4.00. The summed E-state index contributed by atoms with van der Waals surface area (Å²) >= 11 is 1.42. The highest BCUT2D eigenvalue weighted by Gasteiger charge is 2.20. The molecule has 0 saturated heterocycles. The number of rotatable bonds is 4. The van der Waals surface area contributed by atoms with Crippen molar-refractivity contribution in [1.82, 2.24) is 9.97 Å². The molecule has 7 heteroatoms. The lowest BCUT2D eigenvalue weighted by Crippen LogP contribution is -2.09. The van der Waals surface area contributed by atoms with Crippen molar-refractivity contribution >= 4 is 33.2 Å². The van der Waals surface area contributed by atoms with Crippen LogP contribution in [-0.4, -0.2) is 15.8 Å². The average Bonchev–Trinajstić information content (AvgIpc) is 3.16. The van der Waals surface area contributed by atoms with Gasteiger partial charge in [0.05, 0.1) is 39.5 Å². The number of thiazole rings is 1. The number of nitrogens with zero attached hydrogens (tertiary/aromatic N) is 4. The Morgan fingerprint density at radius 3 is 2.59 bits per heavy atom. The second-order valence-corrected chi connectivity index (χ2v) is 7.33. The van der Waals surface area contributed by atoms with Crippen molar-refractivity contribution < 1.29 is 4.79 Å². The average molecular weight is 395 g/mol. The van der Waals surface area contributed by atoms with Gasteiger partial charge in [-0.15, -0.1) is 11.3 Å². The van der Waals surface area contributed by atoms with Crippen LogP contribution in [0.4, 0.5) is 5.82 Å². The number of para-hydroxylation sites is 1. The van der Waals surface area contributed by atoms with Gasteiger partial charge in [0.1, 0.15) is 16.9 Å². The summed E-state index contributed by atoms with van der Waals surface area (Å²) in [6, 6.07) is 20.0. The van der Waals surface area contributed by atoms with Crippen LogP contribution in [0.1, 0.15) is 26.5 Å². The lowest BCUT2D eigenvalue weighted by atomic mass is 9.99. The molecule has 0 saturated carbocycles. The molecule has 0 spiro atoms. The predicted molar refractivity (Wildman–Crippen MR) is 111 cm³/mol. The van der Waals surface area contributed by atoms with Crippen LogP contribution >= 0.6 is 11.3 Å². The zero-order valence-electron chi connectivity index (χ0n) is 15.1. The van der Waals surface area contributed by atoms with E-state index >= 15 is 0 Å². The maximum atomic E-state index is 12.8. The molecule has 6 nitrogen and oxygen atoms in total. The largest absolute Gasteiger partial charge is 0.383 e. The fraction of sp³-hybridized carbons (Fsp3) is 0.0455. The zero-order chi connectivity index (χ0) is 20.4. The van der Waals surface area contributed by atoms with Gasteiger partial charge in [-0.05, 0) is 12.1 Å². The van der Waals surface area contributed by atoms with Gasteiger partial charge in [-0.3, -0.25) is 4.79 Å². The van der Waals surface area contributed by atoms with E-state index in [0.717, 1.165) is 4.70 Å². The number of aromatic nitrogens is 2. The Bertz CT molecular complexity index is 1330. The molecule has 0 atom stereocenters. The highest BCUT2D eigenvalue weighted by Crippen LogP contribution is 2.34. The maximum absolute atomic E-state index is 12.8. The van der Waals surface area contributed by atoms with Crippen molar-refractivity contribution in [2.75, 3.05) is 5.73 Å². The van der Waals surface area contributed by atoms with Gasteiger partial charge in [-0.25, -0.2) is 9.97 Å². The van der Waals surface area contributed by atoms with E-state index in [-0.39, 0.29) is 29.1 Å². The topological polar surface area (TPSA) is 116 Å². The van der Waals surface area contributed by atoms with Crippen molar-refractivity contribution in [1.29, 1.82) is 10.5 Å². The van der Waals surface area contributed by atoms with E-state index in [1.165, 1.54) is 17.4 Å². The molecule has 0 unspecified atom stereocenters. The third-order valence-electron chi connectivity index (χ3n) is 4.40. The maximum Gasteiger partial charge on any atom is 0.196 e. The van der Waals surface area contributed by atoms with Crippen LogP contribution in [0.25, 0.3) is 21.5 Å². The molecular formula is C22H13N5OS. The SMILES string of the molecule is N#CCc1nc2c(-c3nc(N)c(C(=O)c4ccccc4)cc3C#N)cccc2s1. The monoisotopic (exact) mass is 395 g/mol. The van der Waals surface area contributed by atoms with Crippen molar-refractivity contribution in [2.24, 2.45) is 0 Å². The van der Waals surface area contributed by atoms with Crippen LogP contribution in [-0.2, 0) is 6.42 Å². The van der Waals surface area contributed by atoms with E-state index in [4.69, 9.17) is 11.0 Å². The number of carbonyl (C=O) groups is 1. The Labute approximate surface area is 170 Å². The minimum absolute atomic E-state index is 0.0531. The molecule has 0 bridgehead atoms. The Kier molecular flexibility index (Phi) is 4.74. The van der Waals surface area contributed by atoms with Gasteiger partial charge >= 0.3 is 0 Å². The molecule has 4 aromatic rings. The summed E-state index contributed by atoms with van der Waals surface area (Å²) in [5.41, 5.74) is 8.69. The number of benzene rings is 2. The quantitative estimate of drug-likeness (QED) is 0.520. The van der Waals surface area contributed by atoms with Crippen LogP contribution in [0.5, 0.6) is 0 Å². The van der Waals surface area contributed by atoms with Crippen LogP contribution in [0.3, 0.4) is 0 Å². The number of hydrogen-bond acceptors (Lipinski definition) is 7. The minimum Gasteiger partial charge on any atom is -0.383 e. The van der Waals surface area contributed by atoms with Crippen molar-refractivity contribution in [3.63, 3.8) is 0 Å². The standard InChI is InChI=1S/C22H13N5OS/c23-10-9-18-26-20-15(7-4-8-17(20)29-18)19-14(12-24)11-16(22(25)27-19)21(28)13-5-2-1-3-6-13/h1-8,11H,9H2,(H2,25,27). The summed E-state index contributed by atoms with van der Waals surface area (Å²) in [6.07, 6.45) is 0.212. The molecule has 2 aromatic carbocycles. The predicted octanol–water partition coefficient (Wildman–Crippen LogP) is 4.11. The van der Waals surface area contributed by atoms with Gasteiger partial charge in [0.25, 0.3) is 0 Å². The molecule has 4 rings (SSSR count).